The Balaban J connectivity index is 2.07. The van der Waals surface area contributed by atoms with Gasteiger partial charge in [0.15, 0.2) is 0 Å². The molecule has 1 aliphatic rings. The van der Waals surface area contributed by atoms with Gasteiger partial charge in [-0.05, 0) is 19.1 Å². The van der Waals surface area contributed by atoms with Gasteiger partial charge in [-0.2, -0.15) is 0 Å². The monoisotopic (exact) mass is 212 g/mol. The minimum atomic E-state index is -0.401. The number of rotatable bonds is 2. The van der Waals surface area contributed by atoms with Gasteiger partial charge < -0.3 is 9.47 Å². The molecular formula is C10H12O3S. The average molecular weight is 212 g/mol. The van der Waals surface area contributed by atoms with E-state index in [4.69, 9.17) is 9.47 Å². The van der Waals surface area contributed by atoms with Crippen LogP contribution in [0.25, 0.3) is 0 Å². The molecule has 0 aromatic carbocycles. The van der Waals surface area contributed by atoms with E-state index in [1.807, 2.05) is 19.1 Å². The lowest BCUT2D eigenvalue weighted by Gasteiger charge is -2.21. The van der Waals surface area contributed by atoms with Crippen LogP contribution in [0.4, 0.5) is 0 Å². The number of hydrogen-bond acceptors (Lipinski definition) is 4. The highest BCUT2D eigenvalue weighted by Crippen LogP contribution is 2.18. The molecule has 1 aromatic heterocycles. The van der Waals surface area contributed by atoms with Crippen molar-refractivity contribution in [2.24, 2.45) is 0 Å². The van der Waals surface area contributed by atoms with Crippen molar-refractivity contribution in [1.29, 1.82) is 0 Å². The van der Waals surface area contributed by atoms with Crippen molar-refractivity contribution in [2.45, 2.75) is 13.0 Å². The molecule has 1 aromatic rings. The molecule has 3 nitrogen and oxygen atoms in total. The van der Waals surface area contributed by atoms with Gasteiger partial charge >= 0.3 is 0 Å². The quantitative estimate of drug-likeness (QED) is 0.699. The molecule has 76 valence electrons. The zero-order chi connectivity index (χ0) is 9.97. The number of thiophene rings is 1. The Hall–Kier alpha value is -0.710. The molecule has 2 rings (SSSR count). The van der Waals surface area contributed by atoms with E-state index in [1.54, 1.807) is 0 Å². The van der Waals surface area contributed by atoms with E-state index in [0.717, 1.165) is 9.75 Å². The van der Waals surface area contributed by atoms with E-state index in [0.29, 0.717) is 19.8 Å². The van der Waals surface area contributed by atoms with Gasteiger partial charge in [-0.3, -0.25) is 4.79 Å². The van der Waals surface area contributed by atoms with Crippen molar-refractivity contribution < 1.29 is 14.3 Å². The molecule has 1 aliphatic heterocycles. The first-order valence-electron chi connectivity index (χ1n) is 4.57. The number of carbonyl (C=O) groups is 1. The molecule has 0 N–H and O–H groups in total. The number of Topliss-reactive ketones (excluding diaryl/α,β-unsaturated/α-hetero) is 1. The van der Waals surface area contributed by atoms with E-state index in [9.17, 15) is 4.79 Å². The highest BCUT2D eigenvalue weighted by Gasteiger charge is 2.24. The minimum Gasteiger partial charge on any atom is -0.376 e. The molecule has 4 heteroatoms. The lowest BCUT2D eigenvalue weighted by atomic mass is 10.2. The maximum atomic E-state index is 11.8. The normalized spacial score (nSPS) is 22.2. The molecule has 1 fully saturated rings. The summed E-state index contributed by atoms with van der Waals surface area (Å²) in [6, 6.07) is 3.79. The summed E-state index contributed by atoms with van der Waals surface area (Å²) in [5.41, 5.74) is 0. The fourth-order valence-corrected chi connectivity index (χ4v) is 2.22. The lowest BCUT2D eigenvalue weighted by molar-refractivity contribution is -0.0717. The van der Waals surface area contributed by atoms with Crippen molar-refractivity contribution in [3.63, 3.8) is 0 Å². The Bertz CT molecular complexity index is 326. The van der Waals surface area contributed by atoms with Crippen molar-refractivity contribution in [2.75, 3.05) is 19.8 Å². The molecule has 0 bridgehead atoms. The third-order valence-corrected chi connectivity index (χ3v) is 3.11. The van der Waals surface area contributed by atoms with E-state index in [2.05, 4.69) is 0 Å². The van der Waals surface area contributed by atoms with Crippen LogP contribution in [0.3, 0.4) is 0 Å². The summed E-state index contributed by atoms with van der Waals surface area (Å²) < 4.78 is 10.5. The van der Waals surface area contributed by atoms with Gasteiger partial charge in [0.25, 0.3) is 0 Å². The first-order valence-corrected chi connectivity index (χ1v) is 5.39. The highest BCUT2D eigenvalue weighted by atomic mass is 32.1. The fourth-order valence-electron chi connectivity index (χ4n) is 1.36. The van der Waals surface area contributed by atoms with E-state index in [1.165, 1.54) is 11.3 Å². The molecule has 14 heavy (non-hydrogen) atoms. The highest BCUT2D eigenvalue weighted by molar-refractivity contribution is 7.14. The molecule has 1 atom stereocenters. The third kappa shape index (κ3) is 2.03. The predicted octanol–water partition coefficient (Wildman–Crippen LogP) is 1.65. The number of aryl methyl sites for hydroxylation is 1. The molecule has 1 saturated heterocycles. The van der Waals surface area contributed by atoms with Crippen LogP contribution in [-0.4, -0.2) is 31.7 Å². The molecule has 1 unspecified atom stereocenters. The van der Waals surface area contributed by atoms with E-state index < -0.39 is 6.10 Å². The Morgan fingerprint density at radius 2 is 2.36 bits per heavy atom. The van der Waals surface area contributed by atoms with Crippen LogP contribution in [0.1, 0.15) is 14.5 Å². The van der Waals surface area contributed by atoms with Crippen molar-refractivity contribution in [1.82, 2.24) is 0 Å². The summed E-state index contributed by atoms with van der Waals surface area (Å²) in [7, 11) is 0. The Labute approximate surface area is 86.6 Å². The zero-order valence-corrected chi connectivity index (χ0v) is 8.80. The van der Waals surface area contributed by atoms with Crippen molar-refractivity contribution >= 4 is 17.1 Å². The summed E-state index contributed by atoms with van der Waals surface area (Å²) >= 11 is 1.50. The Kier molecular flexibility index (Phi) is 2.96. The number of ketones is 1. The fraction of sp³-hybridized carbons (Fsp3) is 0.500. The average Bonchev–Trinajstić information content (AvgIpc) is 2.65. The predicted molar refractivity (Wildman–Crippen MR) is 53.9 cm³/mol. The van der Waals surface area contributed by atoms with Gasteiger partial charge in [0, 0.05) is 4.88 Å². The zero-order valence-electron chi connectivity index (χ0n) is 7.99. The van der Waals surface area contributed by atoms with Gasteiger partial charge in [0.2, 0.25) is 5.78 Å². The van der Waals surface area contributed by atoms with Crippen LogP contribution in [0.15, 0.2) is 12.1 Å². The first kappa shape index (κ1) is 9.83. The van der Waals surface area contributed by atoms with Gasteiger partial charge in [-0.15, -0.1) is 11.3 Å². The van der Waals surface area contributed by atoms with E-state index >= 15 is 0 Å². The molecular weight excluding hydrogens is 200 g/mol. The summed E-state index contributed by atoms with van der Waals surface area (Å²) in [5.74, 6) is 0.0443. The minimum absolute atomic E-state index is 0.0443. The standard InChI is InChI=1S/C10H12O3S/c1-7-2-3-9(14-7)10(11)8-6-12-4-5-13-8/h2-3,8H,4-6H2,1H3. The molecule has 2 heterocycles. The lowest BCUT2D eigenvalue weighted by Crippen LogP contribution is -2.35. The second-order valence-electron chi connectivity index (χ2n) is 3.21. The molecule has 0 radical (unpaired) electrons. The molecule has 0 amide bonds. The number of hydrogen-bond donors (Lipinski definition) is 0. The van der Waals surface area contributed by atoms with Crippen LogP contribution < -0.4 is 0 Å². The SMILES string of the molecule is Cc1ccc(C(=O)C2COCCO2)s1. The Morgan fingerprint density at radius 3 is 2.93 bits per heavy atom. The number of carbonyl (C=O) groups excluding carboxylic acids is 1. The van der Waals surface area contributed by atoms with Crippen LogP contribution >= 0.6 is 11.3 Å². The maximum absolute atomic E-state index is 11.8. The summed E-state index contributed by atoms with van der Waals surface area (Å²) in [4.78, 5) is 13.7. The smallest absolute Gasteiger partial charge is 0.203 e. The van der Waals surface area contributed by atoms with Crippen LogP contribution in [0.5, 0.6) is 0 Å². The summed E-state index contributed by atoms with van der Waals surface area (Å²) in [6.45, 7) is 3.48. The summed E-state index contributed by atoms with van der Waals surface area (Å²) in [6.07, 6.45) is -0.401. The topological polar surface area (TPSA) is 35.5 Å². The molecule has 0 aliphatic carbocycles. The first-order chi connectivity index (χ1) is 6.77. The van der Waals surface area contributed by atoms with Gasteiger partial charge in [0.1, 0.15) is 6.10 Å². The summed E-state index contributed by atoms with van der Waals surface area (Å²) in [5, 5.41) is 0. The second kappa shape index (κ2) is 4.21. The second-order valence-corrected chi connectivity index (χ2v) is 4.50. The third-order valence-electron chi connectivity index (χ3n) is 2.09. The number of ether oxygens (including phenoxy) is 2. The van der Waals surface area contributed by atoms with Crippen LogP contribution in [-0.2, 0) is 9.47 Å². The van der Waals surface area contributed by atoms with E-state index in [-0.39, 0.29) is 5.78 Å². The largest absolute Gasteiger partial charge is 0.376 e. The van der Waals surface area contributed by atoms with Crippen molar-refractivity contribution in [3.8, 4) is 0 Å². The van der Waals surface area contributed by atoms with Crippen molar-refractivity contribution in [3.05, 3.63) is 21.9 Å². The Morgan fingerprint density at radius 1 is 1.50 bits per heavy atom. The van der Waals surface area contributed by atoms with Crippen LogP contribution in [0, 0.1) is 6.92 Å². The molecule has 0 spiro atoms. The van der Waals surface area contributed by atoms with Gasteiger partial charge in [-0.1, -0.05) is 0 Å². The van der Waals surface area contributed by atoms with Crippen LogP contribution in [0.2, 0.25) is 0 Å². The molecule has 0 saturated carbocycles. The van der Waals surface area contributed by atoms with Gasteiger partial charge in [0.05, 0.1) is 24.7 Å². The van der Waals surface area contributed by atoms with Gasteiger partial charge in [-0.25, -0.2) is 0 Å². The maximum Gasteiger partial charge on any atom is 0.203 e.